The summed E-state index contributed by atoms with van der Waals surface area (Å²) in [6.45, 7) is 0. The van der Waals surface area contributed by atoms with Crippen LogP contribution in [-0.4, -0.2) is 25.5 Å². The summed E-state index contributed by atoms with van der Waals surface area (Å²) in [5.74, 6) is 1.79. The van der Waals surface area contributed by atoms with Gasteiger partial charge in [0.25, 0.3) is 11.5 Å². The second kappa shape index (κ2) is 9.77. The minimum Gasteiger partial charge on any atom is -0.364 e. The van der Waals surface area contributed by atoms with Crippen molar-refractivity contribution in [3.05, 3.63) is 70.3 Å². The number of nitrogens with zero attached hydrogens (tertiary/aromatic N) is 4. The van der Waals surface area contributed by atoms with E-state index in [2.05, 4.69) is 11.2 Å². The fourth-order valence-electron chi connectivity index (χ4n) is 5.84. The van der Waals surface area contributed by atoms with E-state index in [0.717, 1.165) is 39.7 Å². The lowest BCUT2D eigenvalue weighted by atomic mass is 9.81. The van der Waals surface area contributed by atoms with Crippen LogP contribution < -0.4 is 11.3 Å². The molecule has 0 spiro atoms. The van der Waals surface area contributed by atoms with E-state index in [1.54, 1.807) is 11.7 Å². The van der Waals surface area contributed by atoms with Crippen molar-refractivity contribution in [3.63, 3.8) is 0 Å². The van der Waals surface area contributed by atoms with Crippen molar-refractivity contribution < 1.29 is 4.79 Å². The van der Waals surface area contributed by atoms with Crippen molar-refractivity contribution in [3.8, 4) is 0 Å². The fourth-order valence-corrected chi connectivity index (χ4v) is 5.84. The lowest BCUT2D eigenvalue weighted by Gasteiger charge is -2.25. The quantitative estimate of drug-likeness (QED) is 0.381. The van der Waals surface area contributed by atoms with Crippen LogP contribution in [0.3, 0.4) is 0 Å². The predicted octanol–water partition coefficient (Wildman–Crippen LogP) is 5.16. The molecule has 192 valence electrons. The van der Waals surface area contributed by atoms with Crippen molar-refractivity contribution >= 4 is 27.6 Å². The van der Waals surface area contributed by atoms with E-state index < -0.39 is 5.91 Å². The summed E-state index contributed by atoms with van der Waals surface area (Å²) in [7, 11) is 1.79. The normalized spacial score (nSPS) is 17.6. The minimum absolute atomic E-state index is 0.141. The first-order chi connectivity index (χ1) is 18.0. The Bertz CT molecular complexity index is 1500. The number of hydrogen-bond donors (Lipinski definition) is 1. The van der Waals surface area contributed by atoms with E-state index in [1.807, 2.05) is 47.1 Å². The molecule has 3 fully saturated rings. The average Bonchev–Trinajstić information content (AvgIpc) is 3.81. The first-order valence-corrected chi connectivity index (χ1v) is 13.7. The van der Waals surface area contributed by atoms with Gasteiger partial charge in [-0.2, -0.15) is 10.2 Å². The maximum atomic E-state index is 13.1. The van der Waals surface area contributed by atoms with Crippen LogP contribution in [0.5, 0.6) is 0 Å². The second-order valence-corrected chi connectivity index (χ2v) is 11.1. The van der Waals surface area contributed by atoms with Crippen LogP contribution in [0.25, 0.3) is 21.7 Å². The highest BCUT2D eigenvalue weighted by Crippen LogP contribution is 2.51. The van der Waals surface area contributed by atoms with E-state index in [1.165, 1.54) is 51.4 Å². The maximum Gasteiger partial charge on any atom is 0.274 e. The number of benzene rings is 2. The molecule has 0 saturated heterocycles. The van der Waals surface area contributed by atoms with Gasteiger partial charge in [-0.05, 0) is 68.4 Å². The van der Waals surface area contributed by atoms with Crippen LogP contribution in [0, 0.1) is 17.8 Å². The van der Waals surface area contributed by atoms with Gasteiger partial charge in [-0.25, -0.2) is 4.68 Å². The van der Waals surface area contributed by atoms with Crippen LogP contribution in [0.15, 0.2) is 53.3 Å². The van der Waals surface area contributed by atoms with Crippen molar-refractivity contribution in [2.45, 2.75) is 63.8 Å². The Morgan fingerprint density at radius 3 is 2.14 bits per heavy atom. The SMILES string of the molecule is Cn1nc(C(N)=O)c2ccccc21.O=c1c2ccccc2c(CCC2CCC2)nn1C(C1CC1)C1CC1. The number of aryl methyl sites for hydroxylation is 2. The zero-order valence-corrected chi connectivity index (χ0v) is 21.5. The molecule has 0 radical (unpaired) electrons. The van der Waals surface area contributed by atoms with Gasteiger partial charge in [0.2, 0.25) is 0 Å². The van der Waals surface area contributed by atoms with Crippen LogP contribution in [0.2, 0.25) is 0 Å². The Labute approximate surface area is 216 Å². The van der Waals surface area contributed by atoms with E-state index in [-0.39, 0.29) is 5.56 Å². The number of amides is 1. The van der Waals surface area contributed by atoms with Gasteiger partial charge in [-0.1, -0.05) is 55.7 Å². The van der Waals surface area contributed by atoms with Crippen LogP contribution >= 0.6 is 0 Å². The topological polar surface area (TPSA) is 95.8 Å². The van der Waals surface area contributed by atoms with Crippen molar-refractivity contribution in [1.82, 2.24) is 19.6 Å². The third kappa shape index (κ3) is 4.79. The number of para-hydroxylation sites is 1. The zero-order chi connectivity index (χ0) is 25.5. The smallest absolute Gasteiger partial charge is 0.274 e. The van der Waals surface area contributed by atoms with Gasteiger partial charge >= 0.3 is 0 Å². The summed E-state index contributed by atoms with van der Waals surface area (Å²) in [6, 6.07) is 16.0. The number of primary amides is 1. The molecule has 2 N–H and O–H groups in total. The van der Waals surface area contributed by atoms with Crippen LogP contribution in [0.4, 0.5) is 0 Å². The van der Waals surface area contributed by atoms with Crippen LogP contribution in [-0.2, 0) is 13.5 Å². The molecule has 4 aromatic rings. The zero-order valence-electron chi connectivity index (χ0n) is 21.5. The molecule has 0 atom stereocenters. The monoisotopic (exact) mass is 497 g/mol. The van der Waals surface area contributed by atoms with Gasteiger partial charge in [0.15, 0.2) is 5.69 Å². The molecule has 3 aliphatic rings. The molecular weight excluding hydrogens is 462 g/mol. The lowest BCUT2D eigenvalue weighted by Crippen LogP contribution is -2.31. The van der Waals surface area contributed by atoms with Crippen molar-refractivity contribution in [2.24, 2.45) is 30.5 Å². The number of carbonyl (C=O) groups is 1. The first-order valence-electron chi connectivity index (χ1n) is 13.7. The molecule has 37 heavy (non-hydrogen) atoms. The van der Waals surface area contributed by atoms with Gasteiger partial charge in [-0.3, -0.25) is 14.3 Å². The Morgan fingerprint density at radius 2 is 1.54 bits per heavy atom. The highest BCUT2D eigenvalue weighted by Gasteiger charge is 2.44. The van der Waals surface area contributed by atoms with E-state index in [9.17, 15) is 9.59 Å². The predicted molar refractivity (Wildman–Crippen MR) is 145 cm³/mol. The molecule has 2 aromatic carbocycles. The number of aromatic nitrogens is 4. The molecule has 7 heteroatoms. The summed E-state index contributed by atoms with van der Waals surface area (Å²) >= 11 is 0. The van der Waals surface area contributed by atoms with Crippen molar-refractivity contribution in [2.75, 3.05) is 0 Å². The number of hydrogen-bond acceptors (Lipinski definition) is 4. The molecule has 1 amide bonds. The first kappa shape index (κ1) is 23.9. The van der Waals surface area contributed by atoms with E-state index >= 15 is 0 Å². The third-order valence-corrected chi connectivity index (χ3v) is 8.40. The number of fused-ring (bicyclic) bond motifs is 2. The Hall–Kier alpha value is -3.48. The van der Waals surface area contributed by atoms with Crippen molar-refractivity contribution in [1.29, 1.82) is 0 Å². The van der Waals surface area contributed by atoms with Gasteiger partial charge in [0.1, 0.15) is 0 Å². The second-order valence-electron chi connectivity index (χ2n) is 11.1. The van der Waals surface area contributed by atoms with Gasteiger partial charge < -0.3 is 5.73 Å². The Kier molecular flexibility index (Phi) is 6.31. The largest absolute Gasteiger partial charge is 0.364 e. The summed E-state index contributed by atoms with van der Waals surface area (Å²) in [6.07, 6.45) is 11.5. The average molecular weight is 498 g/mol. The fraction of sp³-hybridized carbons (Fsp3) is 0.467. The van der Waals surface area contributed by atoms with Crippen LogP contribution in [0.1, 0.15) is 73.6 Å². The Balaban J connectivity index is 0.000000164. The molecule has 7 nitrogen and oxygen atoms in total. The number of nitrogens with two attached hydrogens (primary N) is 1. The number of rotatable bonds is 7. The van der Waals surface area contributed by atoms with E-state index in [0.29, 0.717) is 23.6 Å². The molecule has 0 bridgehead atoms. The molecule has 3 saturated carbocycles. The third-order valence-electron chi connectivity index (χ3n) is 8.40. The Morgan fingerprint density at radius 1 is 0.919 bits per heavy atom. The maximum absolute atomic E-state index is 13.1. The summed E-state index contributed by atoms with van der Waals surface area (Å²) in [5, 5.41) is 11.8. The summed E-state index contributed by atoms with van der Waals surface area (Å²) in [4.78, 5) is 24.1. The molecule has 0 unspecified atom stereocenters. The van der Waals surface area contributed by atoms with Gasteiger partial charge in [0, 0.05) is 17.8 Å². The number of carbonyl (C=O) groups excluding carboxylic acids is 1. The molecule has 7 rings (SSSR count). The summed E-state index contributed by atoms with van der Waals surface area (Å²) < 4.78 is 3.56. The molecule has 0 aliphatic heterocycles. The molecular formula is C30H35N5O2. The standard InChI is InChI=1S/C21H26N2O.C9H9N3O/c24-21-18-7-2-1-6-17(18)19(13-8-14-4-3-5-14)22-23(21)20(15-9-10-15)16-11-12-16;1-12-7-5-3-2-4-6(7)8(11-12)9(10)13/h1-2,6-7,14-16,20H,3-5,8-13H2;2-5H,1H3,(H2,10,13). The van der Waals surface area contributed by atoms with E-state index in [4.69, 9.17) is 10.8 Å². The van der Waals surface area contributed by atoms with Gasteiger partial charge in [0.05, 0.1) is 22.6 Å². The molecule has 3 aliphatic carbocycles. The molecule has 2 aromatic heterocycles. The molecule has 2 heterocycles. The highest BCUT2D eigenvalue weighted by atomic mass is 16.1. The summed E-state index contributed by atoms with van der Waals surface area (Å²) in [5.41, 5.74) is 7.72. The lowest BCUT2D eigenvalue weighted by molar-refractivity contribution is 0.0996. The highest BCUT2D eigenvalue weighted by molar-refractivity contribution is 6.03. The van der Waals surface area contributed by atoms with Gasteiger partial charge in [-0.15, -0.1) is 0 Å². The minimum atomic E-state index is -0.489.